The van der Waals surface area contributed by atoms with Crippen LogP contribution in [0.3, 0.4) is 0 Å². The molecule has 0 bridgehead atoms. The van der Waals surface area contributed by atoms with Gasteiger partial charge in [-0.15, -0.1) is 0 Å². The molecule has 1 aliphatic carbocycles. The average Bonchev–Trinajstić information content (AvgIpc) is 3.90. The molecule has 3 atom stereocenters. The first-order valence-corrected chi connectivity index (χ1v) is 17.3. The number of nitrogens with one attached hydrogen (secondary N) is 1. The number of hydrogen-bond donors (Lipinski definition) is 2. The molecule has 1 fully saturated rings. The molecule has 2 aliphatic rings. The van der Waals surface area contributed by atoms with E-state index in [0.717, 1.165) is 5.56 Å². The SMILES string of the molecule is C[C@@H]1CN([C@@H](C)CO)C(=O)c2cccc(NC(=O)C3(c4ccc(F)cc4)CC3)c2O[C@@H]1CN(C)Cc1ccc(Sc2ccccc2)cc1. The highest BCUT2D eigenvalue weighted by atomic mass is 32.2. The maximum absolute atomic E-state index is 13.9. The van der Waals surface area contributed by atoms with Gasteiger partial charge in [0.15, 0.2) is 5.75 Å². The van der Waals surface area contributed by atoms with E-state index in [2.05, 4.69) is 60.6 Å². The first-order valence-electron chi connectivity index (χ1n) is 16.5. The molecule has 0 aromatic heterocycles. The zero-order chi connectivity index (χ0) is 33.8. The van der Waals surface area contributed by atoms with E-state index in [1.807, 2.05) is 25.1 Å². The van der Waals surface area contributed by atoms with E-state index in [4.69, 9.17) is 4.74 Å². The Morgan fingerprint density at radius 1 is 1.02 bits per heavy atom. The highest BCUT2D eigenvalue weighted by Crippen LogP contribution is 2.49. The number of carbonyl (C=O) groups is 2. The number of amides is 2. The fourth-order valence-electron chi connectivity index (χ4n) is 6.31. The molecule has 1 saturated carbocycles. The minimum absolute atomic E-state index is 0.0825. The van der Waals surface area contributed by atoms with E-state index < -0.39 is 11.5 Å². The van der Waals surface area contributed by atoms with Crippen LogP contribution in [0.1, 0.15) is 48.2 Å². The lowest BCUT2D eigenvalue weighted by Crippen LogP contribution is -2.49. The molecule has 0 spiro atoms. The van der Waals surface area contributed by atoms with Crippen LogP contribution in [-0.2, 0) is 16.8 Å². The summed E-state index contributed by atoms with van der Waals surface area (Å²) in [7, 11) is 2.05. The molecule has 9 heteroatoms. The molecule has 6 rings (SSSR count). The summed E-state index contributed by atoms with van der Waals surface area (Å²) < 4.78 is 20.4. The Labute approximate surface area is 286 Å². The third kappa shape index (κ3) is 7.43. The largest absolute Gasteiger partial charge is 0.486 e. The summed E-state index contributed by atoms with van der Waals surface area (Å²) in [5.74, 6) is -0.572. The van der Waals surface area contributed by atoms with Gasteiger partial charge in [-0.3, -0.25) is 14.5 Å². The highest BCUT2D eigenvalue weighted by molar-refractivity contribution is 7.99. The van der Waals surface area contributed by atoms with E-state index in [1.165, 1.54) is 27.5 Å². The number of anilines is 1. The predicted molar refractivity (Wildman–Crippen MR) is 187 cm³/mol. The molecule has 1 heterocycles. The maximum Gasteiger partial charge on any atom is 0.258 e. The van der Waals surface area contributed by atoms with Crippen molar-refractivity contribution in [3.05, 3.63) is 120 Å². The zero-order valence-electron chi connectivity index (χ0n) is 27.6. The molecule has 2 amide bonds. The lowest BCUT2D eigenvalue weighted by atomic mass is 9.94. The molecule has 4 aromatic rings. The Hall–Kier alpha value is -4.18. The third-order valence-corrected chi connectivity index (χ3v) is 10.4. The number of benzene rings is 4. The highest BCUT2D eigenvalue weighted by Gasteiger charge is 2.51. The molecule has 250 valence electrons. The van der Waals surface area contributed by atoms with Crippen LogP contribution in [0.2, 0.25) is 0 Å². The van der Waals surface area contributed by atoms with Gasteiger partial charge in [0.2, 0.25) is 5.91 Å². The van der Waals surface area contributed by atoms with Crippen LogP contribution in [0.4, 0.5) is 10.1 Å². The number of aliphatic hydroxyl groups excluding tert-OH is 1. The Kier molecular flexibility index (Phi) is 10.2. The first-order chi connectivity index (χ1) is 23.2. The second-order valence-corrected chi connectivity index (χ2v) is 14.3. The summed E-state index contributed by atoms with van der Waals surface area (Å²) in [6, 6.07) is 29.7. The van der Waals surface area contributed by atoms with Crippen LogP contribution < -0.4 is 10.1 Å². The van der Waals surface area contributed by atoms with E-state index in [-0.39, 0.29) is 36.3 Å². The van der Waals surface area contributed by atoms with Crippen molar-refractivity contribution in [2.24, 2.45) is 5.92 Å². The van der Waals surface area contributed by atoms with E-state index >= 15 is 0 Å². The Balaban J connectivity index is 1.23. The summed E-state index contributed by atoms with van der Waals surface area (Å²) in [6.45, 7) is 5.39. The molecular weight excluding hydrogens is 626 g/mol. The predicted octanol–water partition coefficient (Wildman–Crippen LogP) is 7.00. The molecule has 4 aromatic carbocycles. The van der Waals surface area contributed by atoms with E-state index in [0.29, 0.717) is 49.5 Å². The van der Waals surface area contributed by atoms with Crippen LogP contribution in [0.5, 0.6) is 5.75 Å². The Morgan fingerprint density at radius 3 is 2.38 bits per heavy atom. The molecular formula is C39H42FN3O4S. The van der Waals surface area contributed by atoms with Gasteiger partial charge >= 0.3 is 0 Å². The topological polar surface area (TPSA) is 82.1 Å². The van der Waals surface area contributed by atoms with Crippen LogP contribution in [-0.4, -0.2) is 65.6 Å². The number of ether oxygens (including phenoxy) is 1. The quantitative estimate of drug-likeness (QED) is 0.179. The van der Waals surface area contributed by atoms with Crippen molar-refractivity contribution in [2.45, 2.75) is 60.6 Å². The number of halogens is 1. The summed E-state index contributed by atoms with van der Waals surface area (Å²) in [6.07, 6.45) is 0.975. The van der Waals surface area contributed by atoms with Gasteiger partial charge in [0, 0.05) is 35.3 Å². The number of hydrogen-bond acceptors (Lipinski definition) is 6. The van der Waals surface area contributed by atoms with Gasteiger partial charge in [-0.25, -0.2) is 4.39 Å². The molecule has 0 saturated heterocycles. The molecule has 1 aliphatic heterocycles. The number of fused-ring (bicyclic) bond motifs is 1. The van der Waals surface area contributed by atoms with Crippen molar-refractivity contribution in [1.29, 1.82) is 0 Å². The van der Waals surface area contributed by atoms with Crippen molar-refractivity contribution in [2.75, 3.05) is 32.1 Å². The number of aliphatic hydroxyl groups is 1. The lowest BCUT2D eigenvalue weighted by molar-refractivity contribution is -0.118. The van der Waals surface area contributed by atoms with Gasteiger partial charge in [-0.2, -0.15) is 0 Å². The van der Waals surface area contributed by atoms with Crippen molar-refractivity contribution in [3.63, 3.8) is 0 Å². The van der Waals surface area contributed by atoms with Gasteiger partial charge in [0.05, 0.1) is 29.3 Å². The van der Waals surface area contributed by atoms with E-state index in [1.54, 1.807) is 47.0 Å². The number of likely N-dealkylation sites (N-methyl/N-ethyl adjacent to an activating group) is 1. The monoisotopic (exact) mass is 667 g/mol. The lowest BCUT2D eigenvalue weighted by Gasteiger charge is -2.38. The Morgan fingerprint density at radius 2 is 1.71 bits per heavy atom. The molecule has 0 radical (unpaired) electrons. The zero-order valence-corrected chi connectivity index (χ0v) is 28.4. The first kappa shape index (κ1) is 33.7. The standard InChI is InChI=1S/C39H42FN3O4S/c1-26-22-43(27(2)25-44)37(45)33-10-7-11-34(41-38(46)39(20-21-39)29-14-16-30(40)17-15-29)36(33)47-35(26)24-42(3)23-28-12-18-32(19-13-28)48-31-8-5-4-6-9-31/h4-19,26-27,35,44H,20-25H2,1-3H3,(H,41,46)/t26-,27+,35-/m1/s1. The third-order valence-electron chi connectivity index (χ3n) is 9.37. The molecule has 7 nitrogen and oxygen atoms in total. The van der Waals surface area contributed by atoms with Gasteiger partial charge in [0.1, 0.15) is 11.9 Å². The fraction of sp³-hybridized carbons (Fsp3) is 0.333. The van der Waals surface area contributed by atoms with Crippen LogP contribution in [0, 0.1) is 11.7 Å². The molecule has 0 unspecified atom stereocenters. The summed E-state index contributed by atoms with van der Waals surface area (Å²) in [5.41, 5.74) is 1.94. The van der Waals surface area contributed by atoms with Crippen molar-refractivity contribution >= 4 is 29.3 Å². The van der Waals surface area contributed by atoms with Gasteiger partial charge in [0.25, 0.3) is 5.91 Å². The van der Waals surface area contributed by atoms with E-state index in [9.17, 15) is 19.1 Å². The van der Waals surface area contributed by atoms with Crippen LogP contribution in [0.15, 0.2) is 107 Å². The number of nitrogens with zero attached hydrogens (tertiary/aromatic N) is 2. The van der Waals surface area contributed by atoms with Crippen LogP contribution >= 0.6 is 11.8 Å². The molecule has 2 N–H and O–H groups in total. The Bertz CT molecular complexity index is 1730. The molecule has 48 heavy (non-hydrogen) atoms. The number of carbonyl (C=O) groups excluding carboxylic acids is 2. The number of rotatable bonds is 11. The van der Waals surface area contributed by atoms with Gasteiger partial charge in [-0.05, 0) is 86.5 Å². The smallest absolute Gasteiger partial charge is 0.258 e. The van der Waals surface area contributed by atoms with Gasteiger partial charge in [-0.1, -0.05) is 67.2 Å². The van der Waals surface area contributed by atoms with Crippen molar-refractivity contribution < 1.29 is 23.8 Å². The van der Waals surface area contributed by atoms with Gasteiger partial charge < -0.3 is 20.1 Å². The second-order valence-electron chi connectivity index (χ2n) is 13.1. The number of para-hydroxylation sites is 1. The van der Waals surface area contributed by atoms with Crippen molar-refractivity contribution in [3.8, 4) is 5.75 Å². The summed E-state index contributed by atoms with van der Waals surface area (Å²) in [5, 5.41) is 13.1. The van der Waals surface area contributed by atoms with Crippen LogP contribution in [0.25, 0.3) is 0 Å². The minimum atomic E-state index is -0.748. The second kappa shape index (κ2) is 14.5. The maximum atomic E-state index is 13.9. The minimum Gasteiger partial charge on any atom is -0.486 e. The average molecular weight is 668 g/mol. The summed E-state index contributed by atoms with van der Waals surface area (Å²) >= 11 is 1.73. The summed E-state index contributed by atoms with van der Waals surface area (Å²) in [4.78, 5) is 34.0. The normalized spacial score (nSPS) is 19.1. The van der Waals surface area contributed by atoms with Crippen molar-refractivity contribution in [1.82, 2.24) is 9.80 Å². The fourth-order valence-corrected chi connectivity index (χ4v) is 7.15.